The molecule has 6 heteroatoms. The molecule has 0 radical (unpaired) electrons. The number of hydrogen-bond donors (Lipinski definition) is 1. The van der Waals surface area contributed by atoms with Crippen molar-refractivity contribution < 1.29 is 14.3 Å². The Kier molecular flexibility index (Phi) is 10.5. The average Bonchev–Trinajstić information content (AvgIpc) is 2.32. The van der Waals surface area contributed by atoms with Gasteiger partial charge in [-0.25, -0.2) is 4.79 Å². The van der Waals surface area contributed by atoms with Crippen LogP contribution in [0.2, 0.25) is 0 Å². The molecule has 0 rings (SSSR count). The van der Waals surface area contributed by atoms with Crippen LogP contribution in [0, 0.1) is 0 Å². The summed E-state index contributed by atoms with van der Waals surface area (Å²) >= 11 is 3.26. The first-order chi connectivity index (χ1) is 8.15. The lowest BCUT2D eigenvalue weighted by atomic mass is 10.2. The fourth-order valence-corrected chi connectivity index (χ4v) is 2.05. The zero-order valence-electron chi connectivity index (χ0n) is 10.7. The summed E-state index contributed by atoms with van der Waals surface area (Å²) in [7, 11) is 0. The van der Waals surface area contributed by atoms with Crippen LogP contribution in [0.5, 0.6) is 0 Å². The summed E-state index contributed by atoms with van der Waals surface area (Å²) in [5.74, 6) is 1.17. The van der Waals surface area contributed by atoms with E-state index in [1.807, 2.05) is 12.5 Å². The molecular weight excluding hydrogens is 258 g/mol. The fourth-order valence-electron chi connectivity index (χ4n) is 1.19. The summed E-state index contributed by atoms with van der Waals surface area (Å²) in [6.07, 6.45) is 4.98. The van der Waals surface area contributed by atoms with Crippen LogP contribution in [-0.4, -0.2) is 48.5 Å². The van der Waals surface area contributed by atoms with Crippen molar-refractivity contribution in [3.8, 4) is 0 Å². The molecule has 1 atom stereocenters. The van der Waals surface area contributed by atoms with Crippen LogP contribution in [-0.2, 0) is 14.3 Å². The van der Waals surface area contributed by atoms with E-state index in [0.717, 1.165) is 11.5 Å². The van der Waals surface area contributed by atoms with Crippen molar-refractivity contribution in [1.82, 2.24) is 5.32 Å². The van der Waals surface area contributed by atoms with Gasteiger partial charge in [0, 0.05) is 12.2 Å². The van der Waals surface area contributed by atoms with Crippen LogP contribution >= 0.6 is 23.5 Å². The minimum Gasteiger partial charge on any atom is -0.464 e. The van der Waals surface area contributed by atoms with Gasteiger partial charge in [-0.1, -0.05) is 0 Å². The summed E-state index contributed by atoms with van der Waals surface area (Å²) in [6.45, 7) is 2.11. The van der Waals surface area contributed by atoms with Crippen LogP contribution < -0.4 is 5.32 Å². The number of rotatable bonds is 9. The summed E-state index contributed by atoms with van der Waals surface area (Å²) < 4.78 is 4.94. The zero-order valence-corrected chi connectivity index (χ0v) is 12.3. The summed E-state index contributed by atoms with van der Waals surface area (Å²) in [5.41, 5.74) is 0. The first kappa shape index (κ1) is 16.6. The molecular formula is C11H21NO3S2. The van der Waals surface area contributed by atoms with E-state index in [9.17, 15) is 9.59 Å². The maximum absolute atomic E-state index is 11.6. The third kappa shape index (κ3) is 8.37. The molecule has 0 saturated carbocycles. The highest BCUT2D eigenvalue weighted by Crippen LogP contribution is 2.04. The molecule has 17 heavy (non-hydrogen) atoms. The summed E-state index contributed by atoms with van der Waals surface area (Å²) in [5, 5.41) is 2.73. The van der Waals surface area contributed by atoms with Crippen molar-refractivity contribution >= 4 is 35.4 Å². The van der Waals surface area contributed by atoms with Crippen molar-refractivity contribution in [3.63, 3.8) is 0 Å². The van der Waals surface area contributed by atoms with Gasteiger partial charge in [0.05, 0.1) is 6.61 Å². The van der Waals surface area contributed by atoms with Crippen molar-refractivity contribution in [2.45, 2.75) is 25.8 Å². The fraction of sp³-hybridized carbons (Fsp3) is 0.818. The highest BCUT2D eigenvalue weighted by molar-refractivity contribution is 7.98. The third-order valence-corrected chi connectivity index (χ3v) is 3.31. The monoisotopic (exact) mass is 279 g/mol. The van der Waals surface area contributed by atoms with Crippen LogP contribution in [0.15, 0.2) is 0 Å². The molecule has 0 aliphatic heterocycles. The molecule has 0 spiro atoms. The Morgan fingerprint density at radius 1 is 1.24 bits per heavy atom. The number of hydrogen-bond acceptors (Lipinski definition) is 5. The average molecular weight is 279 g/mol. The van der Waals surface area contributed by atoms with E-state index < -0.39 is 6.04 Å². The van der Waals surface area contributed by atoms with E-state index in [2.05, 4.69) is 5.32 Å². The molecule has 0 unspecified atom stereocenters. The second kappa shape index (κ2) is 10.8. The van der Waals surface area contributed by atoms with E-state index in [1.54, 1.807) is 30.4 Å². The predicted molar refractivity (Wildman–Crippen MR) is 74.6 cm³/mol. The lowest BCUT2D eigenvalue weighted by Crippen LogP contribution is -2.42. The molecule has 0 aliphatic carbocycles. The number of ether oxygens (including phenoxy) is 1. The second-order valence-electron chi connectivity index (χ2n) is 3.40. The highest BCUT2D eigenvalue weighted by Gasteiger charge is 2.21. The largest absolute Gasteiger partial charge is 0.464 e. The van der Waals surface area contributed by atoms with Gasteiger partial charge in [-0.05, 0) is 31.6 Å². The SMILES string of the molecule is CCOC(=O)[C@H](CCSC)NC(=O)CCSC. The minimum absolute atomic E-state index is 0.0847. The number of nitrogens with one attached hydrogen (secondary N) is 1. The lowest BCUT2D eigenvalue weighted by molar-refractivity contribution is -0.147. The van der Waals surface area contributed by atoms with E-state index in [4.69, 9.17) is 4.74 Å². The first-order valence-corrected chi connectivity index (χ1v) is 8.38. The van der Waals surface area contributed by atoms with Gasteiger partial charge in [0.2, 0.25) is 5.91 Å². The van der Waals surface area contributed by atoms with Crippen LogP contribution in [0.1, 0.15) is 19.8 Å². The standard InChI is InChI=1S/C11H21NO3S2/c1-4-15-11(14)9(5-7-16-2)12-10(13)6-8-17-3/h9H,4-8H2,1-3H3,(H,12,13)/t9-/m0/s1. The maximum atomic E-state index is 11.6. The zero-order chi connectivity index (χ0) is 13.1. The lowest BCUT2D eigenvalue weighted by Gasteiger charge is -2.16. The van der Waals surface area contributed by atoms with Crippen molar-refractivity contribution in [1.29, 1.82) is 0 Å². The number of esters is 1. The molecule has 1 amide bonds. The Labute approximate surface area is 112 Å². The van der Waals surface area contributed by atoms with Gasteiger partial charge in [-0.3, -0.25) is 4.79 Å². The highest BCUT2D eigenvalue weighted by atomic mass is 32.2. The Morgan fingerprint density at radius 2 is 1.88 bits per heavy atom. The summed E-state index contributed by atoms with van der Waals surface area (Å²) in [6, 6.07) is -0.503. The Morgan fingerprint density at radius 3 is 2.41 bits per heavy atom. The number of amides is 1. The van der Waals surface area contributed by atoms with Gasteiger partial charge in [0.1, 0.15) is 6.04 Å². The number of thioether (sulfide) groups is 2. The number of carbonyl (C=O) groups is 2. The van der Waals surface area contributed by atoms with E-state index in [0.29, 0.717) is 19.4 Å². The third-order valence-electron chi connectivity index (χ3n) is 2.05. The molecule has 0 aliphatic rings. The van der Waals surface area contributed by atoms with E-state index in [-0.39, 0.29) is 11.9 Å². The minimum atomic E-state index is -0.503. The molecule has 0 heterocycles. The molecule has 0 aromatic heterocycles. The van der Waals surface area contributed by atoms with E-state index >= 15 is 0 Å². The van der Waals surface area contributed by atoms with Crippen LogP contribution in [0.4, 0.5) is 0 Å². The second-order valence-corrected chi connectivity index (χ2v) is 5.37. The van der Waals surface area contributed by atoms with Crippen molar-refractivity contribution in [2.24, 2.45) is 0 Å². The molecule has 1 N–H and O–H groups in total. The normalized spacial score (nSPS) is 11.9. The van der Waals surface area contributed by atoms with Crippen molar-refractivity contribution in [2.75, 3.05) is 30.6 Å². The Bertz CT molecular complexity index is 237. The van der Waals surface area contributed by atoms with Crippen LogP contribution in [0.3, 0.4) is 0 Å². The summed E-state index contributed by atoms with van der Waals surface area (Å²) in [4.78, 5) is 23.2. The van der Waals surface area contributed by atoms with Gasteiger partial charge in [-0.2, -0.15) is 23.5 Å². The molecule has 0 aromatic carbocycles. The van der Waals surface area contributed by atoms with Gasteiger partial charge in [0.15, 0.2) is 0 Å². The Balaban J connectivity index is 4.16. The van der Waals surface area contributed by atoms with Gasteiger partial charge >= 0.3 is 5.97 Å². The smallest absolute Gasteiger partial charge is 0.328 e. The molecule has 0 bridgehead atoms. The Hall–Kier alpha value is -0.360. The topological polar surface area (TPSA) is 55.4 Å². The predicted octanol–water partition coefficient (Wildman–Crippen LogP) is 1.54. The molecule has 0 fully saturated rings. The number of carbonyl (C=O) groups excluding carboxylic acids is 2. The van der Waals surface area contributed by atoms with Crippen LogP contribution in [0.25, 0.3) is 0 Å². The van der Waals surface area contributed by atoms with Gasteiger partial charge in [0.25, 0.3) is 0 Å². The van der Waals surface area contributed by atoms with Crippen molar-refractivity contribution in [3.05, 3.63) is 0 Å². The molecule has 0 aromatic rings. The van der Waals surface area contributed by atoms with Gasteiger partial charge in [-0.15, -0.1) is 0 Å². The van der Waals surface area contributed by atoms with Gasteiger partial charge < -0.3 is 10.1 Å². The quantitative estimate of drug-likeness (QED) is 0.649. The molecule has 4 nitrogen and oxygen atoms in total. The maximum Gasteiger partial charge on any atom is 0.328 e. The molecule has 100 valence electrons. The first-order valence-electron chi connectivity index (χ1n) is 5.59. The van der Waals surface area contributed by atoms with E-state index in [1.165, 1.54) is 0 Å². The molecule has 0 saturated heterocycles.